The molecule has 0 aromatic heterocycles. The van der Waals surface area contributed by atoms with Gasteiger partial charge in [-0.1, -0.05) is 60.2 Å². The normalized spacial score (nSPS) is 12.7. The van der Waals surface area contributed by atoms with E-state index in [1.165, 1.54) is 22.4 Å². The first-order valence-corrected chi connectivity index (χ1v) is 9.44. The van der Waals surface area contributed by atoms with Gasteiger partial charge in [0, 0.05) is 30.9 Å². The topological polar surface area (TPSA) is 32.3 Å². The van der Waals surface area contributed by atoms with Gasteiger partial charge in [-0.05, 0) is 48.2 Å². The van der Waals surface area contributed by atoms with E-state index in [2.05, 4.69) is 65.7 Å². The number of nitrogens with one attached hydrogen (secondary N) is 1. The smallest absolute Gasteiger partial charge is 0.251 e. The van der Waals surface area contributed by atoms with E-state index >= 15 is 0 Å². The Labute approximate surface area is 160 Å². The van der Waals surface area contributed by atoms with E-state index in [0.717, 1.165) is 25.1 Å². The van der Waals surface area contributed by atoms with Crippen LogP contribution in [0.15, 0.2) is 72.8 Å². The second-order valence-electron chi connectivity index (χ2n) is 7.17. The number of para-hydroxylation sites is 1. The molecule has 0 radical (unpaired) electrons. The average Bonchev–Trinajstić information content (AvgIpc) is 3.10. The van der Waals surface area contributed by atoms with Crippen LogP contribution in [0, 0.1) is 6.92 Å². The molecule has 0 bridgehead atoms. The Morgan fingerprint density at radius 1 is 0.963 bits per heavy atom. The second-order valence-corrected chi connectivity index (χ2v) is 7.17. The molecule has 3 nitrogen and oxygen atoms in total. The van der Waals surface area contributed by atoms with Crippen LogP contribution in [0.25, 0.3) is 0 Å². The third kappa shape index (κ3) is 4.03. The molecule has 4 rings (SSSR count). The summed E-state index contributed by atoms with van der Waals surface area (Å²) in [5.74, 6) is -0.0328. The minimum atomic E-state index is -0.0328. The summed E-state index contributed by atoms with van der Waals surface area (Å²) in [6.07, 6.45) is 1.11. The lowest BCUT2D eigenvalue weighted by molar-refractivity contribution is 0.0951. The van der Waals surface area contributed by atoms with E-state index in [-0.39, 0.29) is 5.91 Å². The molecule has 0 fully saturated rings. The molecule has 3 aromatic rings. The maximum atomic E-state index is 12.4. The van der Waals surface area contributed by atoms with Crippen molar-refractivity contribution < 1.29 is 4.79 Å². The summed E-state index contributed by atoms with van der Waals surface area (Å²) in [6, 6.07) is 24.8. The Bertz CT molecular complexity index is 947. The van der Waals surface area contributed by atoms with Gasteiger partial charge >= 0.3 is 0 Å². The highest BCUT2D eigenvalue weighted by atomic mass is 16.1. The monoisotopic (exact) mass is 356 g/mol. The van der Waals surface area contributed by atoms with Gasteiger partial charge in [0.15, 0.2) is 0 Å². The standard InChI is InChI=1S/C24H24N2O/c1-18-5-4-6-20(15-18)16-25-24(27)22-11-9-19(10-12-22)17-26-14-13-21-7-2-3-8-23(21)26/h2-12,15H,13-14,16-17H2,1H3,(H,25,27). The number of aryl methyl sites for hydroxylation is 1. The molecule has 1 aliphatic rings. The van der Waals surface area contributed by atoms with Crippen LogP contribution < -0.4 is 10.2 Å². The van der Waals surface area contributed by atoms with Crippen molar-refractivity contribution in [3.05, 3.63) is 101 Å². The van der Waals surface area contributed by atoms with E-state index in [4.69, 9.17) is 0 Å². The highest BCUT2D eigenvalue weighted by molar-refractivity contribution is 5.94. The largest absolute Gasteiger partial charge is 0.367 e. The third-order valence-corrected chi connectivity index (χ3v) is 5.11. The Balaban J connectivity index is 1.37. The lowest BCUT2D eigenvalue weighted by atomic mass is 10.1. The van der Waals surface area contributed by atoms with Gasteiger partial charge in [-0.15, -0.1) is 0 Å². The highest BCUT2D eigenvalue weighted by Crippen LogP contribution is 2.28. The zero-order chi connectivity index (χ0) is 18.6. The Hall–Kier alpha value is -3.07. The summed E-state index contributed by atoms with van der Waals surface area (Å²) in [5, 5.41) is 3.00. The van der Waals surface area contributed by atoms with Gasteiger partial charge in [0.05, 0.1) is 0 Å². The maximum absolute atomic E-state index is 12.4. The van der Waals surface area contributed by atoms with Crippen LogP contribution in [-0.2, 0) is 19.5 Å². The number of rotatable bonds is 5. The molecule has 0 atom stereocenters. The van der Waals surface area contributed by atoms with Crippen LogP contribution in [0.5, 0.6) is 0 Å². The molecule has 0 saturated carbocycles. The number of nitrogens with zero attached hydrogens (tertiary/aromatic N) is 1. The lowest BCUT2D eigenvalue weighted by Crippen LogP contribution is -2.23. The number of hydrogen-bond donors (Lipinski definition) is 1. The molecule has 0 saturated heterocycles. The van der Waals surface area contributed by atoms with Crippen LogP contribution >= 0.6 is 0 Å². The fraction of sp³-hybridized carbons (Fsp3) is 0.208. The number of hydrogen-bond acceptors (Lipinski definition) is 2. The maximum Gasteiger partial charge on any atom is 0.251 e. The molecule has 3 heteroatoms. The lowest BCUT2D eigenvalue weighted by Gasteiger charge is -2.19. The van der Waals surface area contributed by atoms with Gasteiger partial charge < -0.3 is 10.2 Å². The molecule has 0 spiro atoms. The first kappa shape index (κ1) is 17.3. The van der Waals surface area contributed by atoms with Gasteiger partial charge in [-0.3, -0.25) is 4.79 Å². The van der Waals surface area contributed by atoms with Crippen molar-refractivity contribution in [3.63, 3.8) is 0 Å². The van der Waals surface area contributed by atoms with Gasteiger partial charge in [-0.2, -0.15) is 0 Å². The first-order valence-electron chi connectivity index (χ1n) is 9.44. The average molecular weight is 356 g/mol. The summed E-state index contributed by atoms with van der Waals surface area (Å²) in [5.41, 5.74) is 7.00. The summed E-state index contributed by atoms with van der Waals surface area (Å²) in [7, 11) is 0. The van der Waals surface area contributed by atoms with Crippen molar-refractivity contribution in [1.29, 1.82) is 0 Å². The van der Waals surface area contributed by atoms with Gasteiger partial charge in [0.25, 0.3) is 5.91 Å². The Kier molecular flexibility index (Phi) is 4.93. The van der Waals surface area contributed by atoms with Crippen LogP contribution in [-0.4, -0.2) is 12.5 Å². The van der Waals surface area contributed by atoms with Crippen molar-refractivity contribution in [2.24, 2.45) is 0 Å². The molecule has 1 amide bonds. The van der Waals surface area contributed by atoms with Crippen molar-refractivity contribution in [3.8, 4) is 0 Å². The number of anilines is 1. The van der Waals surface area contributed by atoms with Crippen LogP contribution in [0.1, 0.15) is 32.6 Å². The molecular formula is C24H24N2O. The fourth-order valence-electron chi connectivity index (χ4n) is 3.66. The van der Waals surface area contributed by atoms with Crippen molar-refractivity contribution >= 4 is 11.6 Å². The van der Waals surface area contributed by atoms with Crippen LogP contribution in [0.2, 0.25) is 0 Å². The number of carbonyl (C=O) groups excluding carboxylic acids is 1. The van der Waals surface area contributed by atoms with Gasteiger partial charge in [0.1, 0.15) is 0 Å². The summed E-state index contributed by atoms with van der Waals surface area (Å²) in [6.45, 7) is 4.54. The first-order chi connectivity index (χ1) is 13.2. The number of carbonyl (C=O) groups is 1. The molecule has 136 valence electrons. The minimum absolute atomic E-state index is 0.0328. The molecule has 3 aromatic carbocycles. The van der Waals surface area contributed by atoms with E-state index in [9.17, 15) is 4.79 Å². The Morgan fingerprint density at radius 3 is 2.59 bits per heavy atom. The molecule has 27 heavy (non-hydrogen) atoms. The van der Waals surface area contributed by atoms with E-state index in [1.807, 2.05) is 24.3 Å². The van der Waals surface area contributed by atoms with Gasteiger partial charge in [-0.25, -0.2) is 0 Å². The summed E-state index contributed by atoms with van der Waals surface area (Å²) in [4.78, 5) is 14.8. The highest BCUT2D eigenvalue weighted by Gasteiger charge is 2.18. The van der Waals surface area contributed by atoms with Crippen molar-refractivity contribution in [2.45, 2.75) is 26.4 Å². The quantitative estimate of drug-likeness (QED) is 0.731. The number of benzene rings is 3. The predicted octanol–water partition coefficient (Wildman–Crippen LogP) is 4.49. The van der Waals surface area contributed by atoms with Crippen molar-refractivity contribution in [2.75, 3.05) is 11.4 Å². The SMILES string of the molecule is Cc1cccc(CNC(=O)c2ccc(CN3CCc4ccccc43)cc2)c1. The molecule has 1 N–H and O–H groups in total. The third-order valence-electron chi connectivity index (χ3n) is 5.11. The summed E-state index contributed by atoms with van der Waals surface area (Å²) < 4.78 is 0. The van der Waals surface area contributed by atoms with Gasteiger partial charge in [0.2, 0.25) is 0 Å². The van der Waals surface area contributed by atoms with E-state index in [1.54, 1.807) is 0 Å². The number of amides is 1. The molecule has 1 heterocycles. The fourth-order valence-corrected chi connectivity index (χ4v) is 3.66. The molecule has 0 aliphatic carbocycles. The summed E-state index contributed by atoms with van der Waals surface area (Å²) >= 11 is 0. The molecular weight excluding hydrogens is 332 g/mol. The number of fused-ring (bicyclic) bond motifs is 1. The zero-order valence-electron chi connectivity index (χ0n) is 15.6. The molecule has 1 aliphatic heterocycles. The molecule has 0 unspecified atom stereocenters. The van der Waals surface area contributed by atoms with E-state index < -0.39 is 0 Å². The minimum Gasteiger partial charge on any atom is -0.367 e. The Morgan fingerprint density at radius 2 is 1.78 bits per heavy atom. The predicted molar refractivity (Wildman–Crippen MR) is 110 cm³/mol. The van der Waals surface area contributed by atoms with Crippen LogP contribution in [0.3, 0.4) is 0 Å². The second kappa shape index (κ2) is 7.67. The van der Waals surface area contributed by atoms with Crippen molar-refractivity contribution in [1.82, 2.24) is 5.32 Å². The zero-order valence-corrected chi connectivity index (χ0v) is 15.6. The van der Waals surface area contributed by atoms with Crippen LogP contribution in [0.4, 0.5) is 5.69 Å². The van der Waals surface area contributed by atoms with E-state index in [0.29, 0.717) is 12.1 Å².